The van der Waals surface area contributed by atoms with Crippen molar-refractivity contribution in [1.29, 1.82) is 5.26 Å². The van der Waals surface area contributed by atoms with E-state index in [2.05, 4.69) is 5.10 Å². The van der Waals surface area contributed by atoms with Gasteiger partial charge in [-0.25, -0.2) is 5.01 Å². The monoisotopic (exact) mass is 368 g/mol. The van der Waals surface area contributed by atoms with E-state index in [1.807, 2.05) is 43.3 Å². The summed E-state index contributed by atoms with van der Waals surface area (Å²) in [6.07, 6.45) is -0.758. The first-order chi connectivity index (χ1) is 12.6. The highest BCUT2D eigenvalue weighted by Crippen LogP contribution is 2.27. The number of hydrazone groups is 1. The fourth-order valence-corrected chi connectivity index (χ4v) is 2.78. The predicted molar refractivity (Wildman–Crippen MR) is 99.4 cm³/mol. The predicted octanol–water partition coefficient (Wildman–Crippen LogP) is 3.39. The molecule has 0 saturated carbocycles. The molecule has 1 heterocycles. The molecule has 3 rings (SSSR count). The second kappa shape index (κ2) is 8.00. The zero-order valence-corrected chi connectivity index (χ0v) is 14.9. The third-order valence-electron chi connectivity index (χ3n) is 3.86. The third kappa shape index (κ3) is 3.69. The van der Waals surface area contributed by atoms with E-state index in [4.69, 9.17) is 16.3 Å². The summed E-state index contributed by atoms with van der Waals surface area (Å²) >= 11 is 5.96. The van der Waals surface area contributed by atoms with Crippen LogP contribution in [0.1, 0.15) is 12.5 Å². The Bertz CT molecular complexity index is 846. The number of carbonyl (C=O) groups is 1. The van der Waals surface area contributed by atoms with Crippen LogP contribution in [0.5, 0.6) is 0 Å². The lowest BCUT2D eigenvalue weighted by Crippen LogP contribution is -2.56. The van der Waals surface area contributed by atoms with Gasteiger partial charge in [0, 0.05) is 11.6 Å². The quantitative estimate of drug-likeness (QED) is 0.811. The summed E-state index contributed by atoms with van der Waals surface area (Å²) in [6, 6.07) is 18.4. The number of ether oxygens (including phenoxy) is 1. The molecule has 1 amide bonds. The average molecular weight is 369 g/mol. The normalized spacial score (nSPS) is 17.0. The number of nitriles is 1. The molecule has 132 valence electrons. The molecule has 2 aromatic rings. The van der Waals surface area contributed by atoms with Gasteiger partial charge in [-0.3, -0.25) is 9.69 Å². The molecular weight excluding hydrogens is 352 g/mol. The molecule has 0 bridgehead atoms. The minimum Gasteiger partial charge on any atom is -0.339 e. The van der Waals surface area contributed by atoms with Crippen LogP contribution in [-0.4, -0.2) is 29.5 Å². The van der Waals surface area contributed by atoms with Crippen molar-refractivity contribution in [1.82, 2.24) is 4.90 Å². The van der Waals surface area contributed by atoms with Crippen molar-refractivity contribution >= 4 is 28.9 Å². The maximum atomic E-state index is 12.7. The number of halogens is 1. The van der Waals surface area contributed by atoms with Crippen LogP contribution in [0, 0.1) is 11.3 Å². The van der Waals surface area contributed by atoms with Crippen LogP contribution in [0.4, 0.5) is 5.69 Å². The Balaban J connectivity index is 2.02. The summed E-state index contributed by atoms with van der Waals surface area (Å²) in [5.41, 5.74) is 1.42. The lowest BCUT2D eigenvalue weighted by atomic mass is 10.2. The fraction of sp³-hybridized carbons (Fsp3) is 0.211. The van der Waals surface area contributed by atoms with E-state index in [0.717, 1.165) is 5.56 Å². The van der Waals surface area contributed by atoms with Crippen molar-refractivity contribution in [3.63, 3.8) is 0 Å². The maximum absolute atomic E-state index is 12.7. The molecule has 0 spiro atoms. The molecule has 6 nitrogen and oxygen atoms in total. The lowest BCUT2D eigenvalue weighted by molar-refractivity contribution is -0.141. The van der Waals surface area contributed by atoms with E-state index < -0.39 is 12.3 Å². The largest absolute Gasteiger partial charge is 0.339 e. The second-order valence-corrected chi connectivity index (χ2v) is 6.02. The molecule has 0 aromatic heterocycles. The summed E-state index contributed by atoms with van der Waals surface area (Å²) in [5.74, 6) is -0.458. The van der Waals surface area contributed by atoms with Crippen molar-refractivity contribution < 1.29 is 9.53 Å². The smallest absolute Gasteiger partial charge is 0.289 e. The Hall–Kier alpha value is -2.88. The van der Waals surface area contributed by atoms with Crippen LogP contribution in [0.15, 0.2) is 59.7 Å². The zero-order chi connectivity index (χ0) is 18.5. The van der Waals surface area contributed by atoms with Crippen molar-refractivity contribution in [2.45, 2.75) is 19.8 Å². The van der Waals surface area contributed by atoms with Gasteiger partial charge in [0.1, 0.15) is 6.07 Å². The van der Waals surface area contributed by atoms with E-state index in [9.17, 15) is 10.1 Å². The molecule has 26 heavy (non-hydrogen) atoms. The first-order valence-electron chi connectivity index (χ1n) is 8.14. The zero-order valence-electron chi connectivity index (χ0n) is 14.2. The van der Waals surface area contributed by atoms with Gasteiger partial charge >= 0.3 is 0 Å². The van der Waals surface area contributed by atoms with Gasteiger partial charge in [-0.05, 0) is 36.8 Å². The van der Waals surface area contributed by atoms with Crippen molar-refractivity contribution in [3.05, 3.63) is 65.2 Å². The average Bonchev–Trinajstić information content (AvgIpc) is 2.67. The fourth-order valence-electron chi connectivity index (χ4n) is 2.66. The Morgan fingerprint density at radius 1 is 1.19 bits per heavy atom. The second-order valence-electron chi connectivity index (χ2n) is 5.58. The van der Waals surface area contributed by atoms with Crippen LogP contribution in [-0.2, 0) is 16.1 Å². The van der Waals surface area contributed by atoms with E-state index in [1.54, 1.807) is 24.3 Å². The molecule has 0 unspecified atom stereocenters. The molecule has 0 radical (unpaired) electrons. The highest BCUT2D eigenvalue weighted by Gasteiger charge is 2.37. The van der Waals surface area contributed by atoms with E-state index >= 15 is 0 Å². The Kier molecular flexibility index (Phi) is 5.52. The summed E-state index contributed by atoms with van der Waals surface area (Å²) < 4.78 is 5.81. The van der Waals surface area contributed by atoms with Crippen LogP contribution < -0.4 is 5.01 Å². The first-order valence-corrected chi connectivity index (χ1v) is 8.52. The number of hydrogen-bond acceptors (Lipinski definition) is 5. The summed E-state index contributed by atoms with van der Waals surface area (Å²) in [4.78, 5) is 14.2. The van der Waals surface area contributed by atoms with Crippen molar-refractivity contribution in [2.75, 3.05) is 11.6 Å². The van der Waals surface area contributed by atoms with Crippen molar-refractivity contribution in [3.8, 4) is 6.07 Å². The molecule has 0 aliphatic carbocycles. The Morgan fingerprint density at radius 3 is 2.50 bits per heavy atom. The summed E-state index contributed by atoms with van der Waals surface area (Å²) in [6.45, 7) is 2.52. The standard InChI is InChI=1S/C19H17ClN4O2/c1-2-26-19-23(13-14-6-4-3-5-7-14)18(25)17(12-21)22-24(19)16-10-8-15(20)9-11-16/h3-11,19H,2,13H2,1H3/t19-/m0/s1. The minimum atomic E-state index is -0.758. The number of anilines is 1. The highest BCUT2D eigenvalue weighted by atomic mass is 35.5. The highest BCUT2D eigenvalue weighted by molar-refractivity contribution is 6.45. The van der Waals surface area contributed by atoms with Gasteiger partial charge in [-0.1, -0.05) is 41.9 Å². The van der Waals surface area contributed by atoms with Gasteiger partial charge in [-0.2, -0.15) is 10.4 Å². The number of rotatable bonds is 5. The van der Waals surface area contributed by atoms with Gasteiger partial charge in [0.2, 0.25) is 12.1 Å². The number of hydrogen-bond donors (Lipinski definition) is 0. The molecule has 1 aliphatic heterocycles. The van der Waals surface area contributed by atoms with Gasteiger partial charge in [-0.15, -0.1) is 0 Å². The molecule has 1 aliphatic rings. The minimum absolute atomic E-state index is 0.188. The molecule has 1 atom stereocenters. The summed E-state index contributed by atoms with van der Waals surface area (Å²) in [7, 11) is 0. The molecule has 2 aromatic carbocycles. The van der Waals surface area contributed by atoms with Gasteiger partial charge in [0.05, 0.1) is 12.2 Å². The number of nitrogens with zero attached hydrogens (tertiary/aromatic N) is 4. The topological polar surface area (TPSA) is 68.9 Å². The number of amides is 1. The van der Waals surface area contributed by atoms with Crippen LogP contribution >= 0.6 is 11.6 Å². The molecule has 0 N–H and O–H groups in total. The molecular formula is C19H17ClN4O2. The van der Waals surface area contributed by atoms with Gasteiger partial charge < -0.3 is 4.74 Å². The lowest BCUT2D eigenvalue weighted by Gasteiger charge is -2.40. The number of benzene rings is 2. The van der Waals surface area contributed by atoms with Gasteiger partial charge in [0.15, 0.2) is 0 Å². The number of carbonyl (C=O) groups excluding carboxylic acids is 1. The first kappa shape index (κ1) is 17.9. The van der Waals surface area contributed by atoms with E-state index in [-0.39, 0.29) is 5.71 Å². The molecule has 0 saturated heterocycles. The van der Waals surface area contributed by atoms with Crippen molar-refractivity contribution in [2.24, 2.45) is 5.10 Å². The Labute approximate surface area is 156 Å². The van der Waals surface area contributed by atoms with Crippen LogP contribution in [0.3, 0.4) is 0 Å². The summed E-state index contributed by atoms with van der Waals surface area (Å²) in [5, 5.41) is 15.7. The molecule has 0 fully saturated rings. The SMILES string of the molecule is CCO[C@H]1N(Cc2ccccc2)C(=O)C(C#N)=NN1c1ccc(Cl)cc1. The van der Waals surface area contributed by atoms with Crippen LogP contribution in [0.25, 0.3) is 0 Å². The van der Waals surface area contributed by atoms with Gasteiger partial charge in [0.25, 0.3) is 5.91 Å². The maximum Gasteiger partial charge on any atom is 0.289 e. The van der Waals surface area contributed by atoms with E-state index in [1.165, 1.54) is 9.91 Å². The molecule has 7 heteroatoms. The van der Waals surface area contributed by atoms with Crippen LogP contribution in [0.2, 0.25) is 5.02 Å². The third-order valence-corrected chi connectivity index (χ3v) is 4.11. The van der Waals surface area contributed by atoms with E-state index in [0.29, 0.717) is 23.9 Å². The Morgan fingerprint density at radius 2 is 1.88 bits per heavy atom.